The summed E-state index contributed by atoms with van der Waals surface area (Å²) < 4.78 is 13.2. The summed E-state index contributed by atoms with van der Waals surface area (Å²) in [5.74, 6) is -0.511. The Labute approximate surface area is 106 Å². The summed E-state index contributed by atoms with van der Waals surface area (Å²) in [6.45, 7) is 4.02. The fourth-order valence-corrected chi connectivity index (χ4v) is 1.80. The van der Waals surface area contributed by atoms with E-state index in [2.05, 4.69) is 0 Å². The number of rotatable bonds is 5. The van der Waals surface area contributed by atoms with Crippen molar-refractivity contribution in [1.82, 2.24) is 0 Å². The fourth-order valence-electron chi connectivity index (χ4n) is 1.61. The van der Waals surface area contributed by atoms with Gasteiger partial charge in [-0.25, -0.2) is 4.39 Å². The van der Waals surface area contributed by atoms with E-state index >= 15 is 0 Å². The highest BCUT2D eigenvalue weighted by molar-refractivity contribution is 6.31. The molecule has 17 heavy (non-hydrogen) atoms. The molecule has 0 spiro atoms. The Hall–Kier alpha value is -1.15. The molecule has 0 unspecified atom stereocenters. The molecular weight excluding hydrogens is 239 g/mol. The third-order valence-corrected chi connectivity index (χ3v) is 3.09. The number of halogens is 2. The van der Waals surface area contributed by atoms with E-state index in [0.29, 0.717) is 5.56 Å². The van der Waals surface area contributed by atoms with Crippen LogP contribution in [0.25, 0.3) is 0 Å². The van der Waals surface area contributed by atoms with Crippen LogP contribution in [0.3, 0.4) is 0 Å². The highest BCUT2D eigenvalue weighted by Crippen LogP contribution is 2.20. The predicted molar refractivity (Wildman–Crippen MR) is 68.8 cm³/mol. The average molecular weight is 255 g/mol. The average Bonchev–Trinajstić information content (AvgIpc) is 2.32. The normalized spacial score (nSPS) is 10.1. The maximum Gasteiger partial charge on any atom is 0.160 e. The van der Waals surface area contributed by atoms with Gasteiger partial charge in [0.15, 0.2) is 5.78 Å². The third-order valence-electron chi connectivity index (χ3n) is 2.67. The van der Waals surface area contributed by atoms with E-state index in [1.165, 1.54) is 6.07 Å². The number of allylic oxidation sites excluding steroid dienone is 2. The molecule has 92 valence electrons. The van der Waals surface area contributed by atoms with Crippen LogP contribution in [0, 0.1) is 5.82 Å². The molecular formula is C14H16ClFO. The van der Waals surface area contributed by atoms with Crippen molar-refractivity contribution in [1.29, 1.82) is 0 Å². The summed E-state index contributed by atoms with van der Waals surface area (Å²) in [4.78, 5) is 11.7. The molecule has 3 heteroatoms. The zero-order valence-corrected chi connectivity index (χ0v) is 10.9. The highest BCUT2D eigenvalue weighted by Gasteiger charge is 2.09. The molecule has 0 radical (unpaired) electrons. The second kappa shape index (κ2) is 6.55. The number of ketones is 1. The van der Waals surface area contributed by atoms with Gasteiger partial charge < -0.3 is 0 Å². The fraction of sp³-hybridized carbons (Fsp3) is 0.357. The third kappa shape index (κ3) is 3.97. The lowest BCUT2D eigenvalue weighted by atomic mass is 10.0. The quantitative estimate of drug-likeness (QED) is 0.715. The molecule has 0 atom stereocenters. The molecule has 1 aromatic rings. The van der Waals surface area contributed by atoms with Crippen molar-refractivity contribution >= 4 is 17.4 Å². The van der Waals surface area contributed by atoms with Crippen LogP contribution < -0.4 is 0 Å². The minimum atomic E-state index is -0.479. The van der Waals surface area contributed by atoms with Gasteiger partial charge >= 0.3 is 0 Å². The van der Waals surface area contributed by atoms with E-state index in [1.807, 2.05) is 13.8 Å². The second-order valence-electron chi connectivity index (χ2n) is 3.87. The van der Waals surface area contributed by atoms with Crippen molar-refractivity contribution in [2.75, 3.05) is 0 Å². The molecule has 0 N–H and O–H groups in total. The van der Waals surface area contributed by atoms with Crippen LogP contribution in [0.1, 0.15) is 32.3 Å². The molecule has 0 saturated heterocycles. The molecule has 1 nitrogen and oxygen atoms in total. The number of hydrogen-bond donors (Lipinski definition) is 0. The minimum absolute atomic E-state index is 0.0313. The number of benzene rings is 1. The van der Waals surface area contributed by atoms with Crippen LogP contribution in [-0.2, 0) is 11.2 Å². The Morgan fingerprint density at radius 1 is 1.35 bits per heavy atom. The first kappa shape index (κ1) is 13.9. The van der Waals surface area contributed by atoms with Crippen molar-refractivity contribution in [2.45, 2.75) is 33.1 Å². The van der Waals surface area contributed by atoms with Crippen LogP contribution in [0.15, 0.2) is 29.8 Å². The summed E-state index contributed by atoms with van der Waals surface area (Å²) in [5, 5.41) is 0.0452. The molecule has 0 aliphatic heterocycles. The van der Waals surface area contributed by atoms with E-state index in [-0.39, 0.29) is 17.2 Å². The van der Waals surface area contributed by atoms with Gasteiger partial charge in [-0.1, -0.05) is 43.2 Å². The molecule has 0 saturated carbocycles. The molecule has 1 rings (SSSR count). The highest BCUT2D eigenvalue weighted by atomic mass is 35.5. The summed E-state index contributed by atoms with van der Waals surface area (Å²) in [7, 11) is 0. The van der Waals surface area contributed by atoms with E-state index < -0.39 is 5.82 Å². The summed E-state index contributed by atoms with van der Waals surface area (Å²) in [6, 6.07) is 4.53. The van der Waals surface area contributed by atoms with Gasteiger partial charge in [-0.3, -0.25) is 4.79 Å². The minimum Gasteiger partial charge on any atom is -0.294 e. The van der Waals surface area contributed by atoms with Crippen LogP contribution in [-0.4, -0.2) is 5.78 Å². The Morgan fingerprint density at radius 2 is 2.00 bits per heavy atom. The Bertz CT molecular complexity index is 432. The van der Waals surface area contributed by atoms with E-state index in [1.54, 1.807) is 18.2 Å². The molecule has 0 aliphatic carbocycles. The maximum atomic E-state index is 13.2. The lowest BCUT2D eigenvalue weighted by molar-refractivity contribution is -0.114. The van der Waals surface area contributed by atoms with Gasteiger partial charge in [-0.2, -0.15) is 0 Å². The molecule has 0 aliphatic rings. The lowest BCUT2D eigenvalue weighted by Gasteiger charge is -2.03. The molecule has 1 aromatic carbocycles. The number of hydrogen-bond acceptors (Lipinski definition) is 1. The Morgan fingerprint density at radius 3 is 2.59 bits per heavy atom. The first-order chi connectivity index (χ1) is 8.08. The smallest absolute Gasteiger partial charge is 0.160 e. The Balaban J connectivity index is 2.82. The topological polar surface area (TPSA) is 17.1 Å². The largest absolute Gasteiger partial charge is 0.294 e. The monoisotopic (exact) mass is 254 g/mol. The van der Waals surface area contributed by atoms with Gasteiger partial charge in [0.2, 0.25) is 0 Å². The van der Waals surface area contributed by atoms with Crippen molar-refractivity contribution in [2.24, 2.45) is 0 Å². The Kier molecular flexibility index (Phi) is 5.36. The number of carbonyl (C=O) groups is 1. The van der Waals surface area contributed by atoms with Gasteiger partial charge in [0.05, 0.1) is 5.02 Å². The van der Waals surface area contributed by atoms with Crippen molar-refractivity contribution in [3.05, 3.63) is 46.3 Å². The van der Waals surface area contributed by atoms with Gasteiger partial charge in [-0.15, -0.1) is 0 Å². The van der Waals surface area contributed by atoms with E-state index in [9.17, 15) is 9.18 Å². The van der Waals surface area contributed by atoms with Gasteiger partial charge in [0.25, 0.3) is 0 Å². The summed E-state index contributed by atoms with van der Waals surface area (Å²) in [5.41, 5.74) is 1.64. The predicted octanol–water partition coefficient (Wildman–Crippen LogP) is 4.34. The van der Waals surface area contributed by atoms with Crippen molar-refractivity contribution in [3.63, 3.8) is 0 Å². The van der Waals surface area contributed by atoms with E-state index in [4.69, 9.17) is 11.6 Å². The van der Waals surface area contributed by atoms with Gasteiger partial charge in [0.1, 0.15) is 5.82 Å². The van der Waals surface area contributed by atoms with Crippen molar-refractivity contribution < 1.29 is 9.18 Å². The maximum absolute atomic E-state index is 13.2. The first-order valence-electron chi connectivity index (χ1n) is 5.73. The number of carbonyl (C=O) groups excluding carboxylic acids is 1. The molecule has 0 amide bonds. The molecule has 0 heterocycles. The second-order valence-corrected chi connectivity index (χ2v) is 4.24. The van der Waals surface area contributed by atoms with Crippen LogP contribution >= 0.6 is 11.6 Å². The lowest BCUT2D eigenvalue weighted by Crippen LogP contribution is -2.01. The standard InChI is InChI=1S/C14H16ClFO/c1-3-10(4-2)8-12(17)9-11-6-5-7-13(16)14(11)15/h5-8H,3-4,9H2,1-2H3. The van der Waals surface area contributed by atoms with Crippen LogP contribution in [0.4, 0.5) is 4.39 Å². The van der Waals surface area contributed by atoms with Crippen LogP contribution in [0.2, 0.25) is 5.02 Å². The zero-order chi connectivity index (χ0) is 12.8. The first-order valence-corrected chi connectivity index (χ1v) is 6.11. The molecule has 0 fully saturated rings. The van der Waals surface area contributed by atoms with Crippen LogP contribution in [0.5, 0.6) is 0 Å². The summed E-state index contributed by atoms with van der Waals surface area (Å²) >= 11 is 5.79. The van der Waals surface area contributed by atoms with Gasteiger partial charge in [0, 0.05) is 6.42 Å². The van der Waals surface area contributed by atoms with Gasteiger partial charge in [-0.05, 0) is 30.5 Å². The summed E-state index contributed by atoms with van der Waals surface area (Å²) in [6.07, 6.45) is 3.51. The SMILES string of the molecule is CCC(=CC(=O)Cc1cccc(F)c1Cl)CC. The van der Waals surface area contributed by atoms with E-state index in [0.717, 1.165) is 18.4 Å². The zero-order valence-electron chi connectivity index (χ0n) is 10.1. The molecule has 0 aromatic heterocycles. The van der Waals surface area contributed by atoms with Crippen molar-refractivity contribution in [3.8, 4) is 0 Å². The molecule has 0 bridgehead atoms.